The van der Waals surface area contributed by atoms with Crippen molar-refractivity contribution >= 4 is 27.6 Å². The van der Waals surface area contributed by atoms with Gasteiger partial charge in [-0.05, 0) is 65.9 Å². The highest BCUT2D eigenvalue weighted by Crippen LogP contribution is 2.31. The average molecular weight is 488 g/mol. The maximum atomic E-state index is 13.5. The Morgan fingerprint density at radius 1 is 1.18 bits per heavy atom. The molecule has 0 unspecified atom stereocenters. The first-order valence-electron chi connectivity index (χ1n) is 10.4. The van der Waals surface area contributed by atoms with Crippen molar-refractivity contribution in [1.29, 1.82) is 0 Å². The molecule has 2 heterocycles. The van der Waals surface area contributed by atoms with Crippen LogP contribution in [0.4, 0.5) is 4.39 Å². The molecular weight excluding hydrogens is 465 g/mol. The number of nitrogens with zero attached hydrogens (tertiary/aromatic N) is 2. The van der Waals surface area contributed by atoms with Crippen LogP contribution >= 0.6 is 11.6 Å². The maximum absolute atomic E-state index is 13.5. The number of ketones is 1. The van der Waals surface area contributed by atoms with Crippen LogP contribution in [0.15, 0.2) is 60.8 Å². The molecule has 2 atom stereocenters. The lowest BCUT2D eigenvalue weighted by atomic mass is 9.93. The summed E-state index contributed by atoms with van der Waals surface area (Å²) in [5, 5.41) is -0.0763. The van der Waals surface area contributed by atoms with Crippen LogP contribution in [0.1, 0.15) is 29.3 Å². The Morgan fingerprint density at radius 2 is 1.94 bits per heavy atom. The van der Waals surface area contributed by atoms with Crippen LogP contribution in [0, 0.1) is 12.7 Å². The molecule has 1 aliphatic heterocycles. The topological polar surface area (TPSA) is 79.4 Å². The van der Waals surface area contributed by atoms with Gasteiger partial charge in [-0.3, -0.25) is 9.78 Å². The molecule has 1 fully saturated rings. The molecule has 1 saturated heterocycles. The van der Waals surface area contributed by atoms with E-state index in [2.05, 4.69) is 9.71 Å². The molecule has 1 aliphatic rings. The van der Waals surface area contributed by atoms with Crippen molar-refractivity contribution in [3.05, 3.63) is 88.5 Å². The van der Waals surface area contributed by atoms with Crippen LogP contribution in [0.2, 0.25) is 5.02 Å². The molecule has 0 aliphatic carbocycles. The Morgan fingerprint density at radius 3 is 2.67 bits per heavy atom. The third kappa shape index (κ3) is 5.14. The smallest absolute Gasteiger partial charge is 0.280 e. The minimum atomic E-state index is -3.88. The lowest BCUT2D eigenvalue weighted by Gasteiger charge is -2.36. The van der Waals surface area contributed by atoms with Gasteiger partial charge in [-0.2, -0.15) is 17.4 Å². The molecule has 0 saturated carbocycles. The van der Waals surface area contributed by atoms with Crippen LogP contribution in [-0.4, -0.2) is 36.6 Å². The van der Waals surface area contributed by atoms with Gasteiger partial charge in [0.05, 0.1) is 11.1 Å². The summed E-state index contributed by atoms with van der Waals surface area (Å²) in [4.78, 5) is 17.3. The zero-order valence-electron chi connectivity index (χ0n) is 18.1. The van der Waals surface area contributed by atoms with E-state index in [1.54, 1.807) is 6.20 Å². The van der Waals surface area contributed by atoms with Crippen molar-refractivity contribution in [1.82, 2.24) is 14.0 Å². The molecule has 4 rings (SSSR count). The molecular formula is C24H23ClFN3O3S. The van der Waals surface area contributed by atoms with E-state index in [-0.39, 0.29) is 23.6 Å². The van der Waals surface area contributed by atoms with E-state index in [9.17, 15) is 17.6 Å². The lowest BCUT2D eigenvalue weighted by Crippen LogP contribution is -2.55. The molecule has 172 valence electrons. The number of carbonyl (C=O) groups excluding carboxylic acids is 1. The minimum Gasteiger partial charge on any atom is -0.298 e. The molecule has 1 N–H and O–H groups in total. The summed E-state index contributed by atoms with van der Waals surface area (Å²) in [5.74, 6) is -0.852. The van der Waals surface area contributed by atoms with Gasteiger partial charge in [-0.25, -0.2) is 4.39 Å². The maximum Gasteiger partial charge on any atom is 0.280 e. The number of Topliss-reactive ketones (excluding diaryl/α,β-unsaturated/α-hetero) is 1. The van der Waals surface area contributed by atoms with E-state index >= 15 is 0 Å². The third-order valence-corrected chi connectivity index (χ3v) is 7.71. The van der Waals surface area contributed by atoms with Gasteiger partial charge in [0.1, 0.15) is 5.82 Å². The zero-order chi connectivity index (χ0) is 23.8. The summed E-state index contributed by atoms with van der Waals surface area (Å²) in [7, 11) is -2.49. The first-order chi connectivity index (χ1) is 15.6. The van der Waals surface area contributed by atoms with Crippen LogP contribution in [0.5, 0.6) is 0 Å². The monoisotopic (exact) mass is 487 g/mol. The number of pyridine rings is 1. The van der Waals surface area contributed by atoms with Gasteiger partial charge in [0.2, 0.25) is 0 Å². The van der Waals surface area contributed by atoms with E-state index in [1.165, 1.54) is 25.2 Å². The van der Waals surface area contributed by atoms with Crippen LogP contribution in [-0.2, 0) is 21.4 Å². The minimum absolute atomic E-state index is 0.0480. The number of carbonyl (C=O) groups is 1. The second-order valence-corrected chi connectivity index (χ2v) is 10.3. The second kappa shape index (κ2) is 9.30. The Kier molecular flexibility index (Phi) is 6.63. The Bertz CT molecular complexity index is 1320. The van der Waals surface area contributed by atoms with E-state index < -0.39 is 28.1 Å². The van der Waals surface area contributed by atoms with Gasteiger partial charge in [-0.1, -0.05) is 35.9 Å². The van der Waals surface area contributed by atoms with E-state index in [0.29, 0.717) is 5.56 Å². The molecule has 6 nitrogen and oxygen atoms in total. The average Bonchev–Trinajstić information content (AvgIpc) is 2.78. The number of hydrogen-bond acceptors (Lipinski definition) is 4. The van der Waals surface area contributed by atoms with Crippen molar-refractivity contribution in [3.8, 4) is 11.1 Å². The van der Waals surface area contributed by atoms with E-state index in [0.717, 1.165) is 26.7 Å². The SMILES string of the molecule is Cc1cc(-c2cccc([C@@H]3C[C@H](C(=O)Cc4ccc(F)c(Cl)c4)N(C)S(=O)(=O)N3)c2)ccn1. The molecule has 1 aromatic heterocycles. The van der Waals surface area contributed by atoms with Gasteiger partial charge in [0.15, 0.2) is 5.78 Å². The number of nitrogens with one attached hydrogen (secondary N) is 1. The number of hydrogen-bond donors (Lipinski definition) is 1. The van der Waals surface area contributed by atoms with E-state index in [1.807, 2.05) is 43.3 Å². The first-order valence-corrected chi connectivity index (χ1v) is 12.2. The molecule has 2 aromatic carbocycles. The van der Waals surface area contributed by atoms with Gasteiger partial charge in [-0.15, -0.1) is 0 Å². The summed E-state index contributed by atoms with van der Waals surface area (Å²) in [5.41, 5.74) is 4.08. The Hall–Kier alpha value is -2.65. The predicted octanol–water partition coefficient (Wildman–Crippen LogP) is 4.24. The summed E-state index contributed by atoms with van der Waals surface area (Å²) >= 11 is 5.83. The van der Waals surface area contributed by atoms with Crippen molar-refractivity contribution in [3.63, 3.8) is 0 Å². The standard InChI is InChI=1S/C24H23ClFN3O3S/c1-15-10-18(8-9-27-15)17-4-3-5-19(13-17)22-14-23(29(2)33(31,32)28-22)24(30)12-16-6-7-21(26)20(25)11-16/h3-11,13,22-23,28H,12,14H2,1-2H3/t22-,23+/m0/s1. The second-order valence-electron chi connectivity index (χ2n) is 8.15. The quantitative estimate of drug-likeness (QED) is 0.583. The summed E-state index contributed by atoms with van der Waals surface area (Å²) in [6.07, 6.45) is 1.95. The third-order valence-electron chi connectivity index (χ3n) is 5.82. The predicted molar refractivity (Wildman–Crippen MR) is 125 cm³/mol. The van der Waals surface area contributed by atoms with Crippen molar-refractivity contribution in [2.45, 2.75) is 31.8 Å². The molecule has 3 aromatic rings. The number of rotatable bonds is 5. The Balaban J connectivity index is 1.61. The number of benzene rings is 2. The largest absolute Gasteiger partial charge is 0.298 e. The molecule has 0 bridgehead atoms. The number of halogens is 2. The molecule has 33 heavy (non-hydrogen) atoms. The van der Waals surface area contributed by atoms with Crippen molar-refractivity contribution in [2.75, 3.05) is 7.05 Å². The summed E-state index contributed by atoms with van der Waals surface area (Å²) < 4.78 is 42.8. The van der Waals surface area contributed by atoms with Crippen molar-refractivity contribution < 1.29 is 17.6 Å². The molecule has 0 spiro atoms. The fourth-order valence-corrected chi connectivity index (χ4v) is 5.52. The zero-order valence-corrected chi connectivity index (χ0v) is 19.7. The van der Waals surface area contributed by atoms with Gasteiger partial charge < -0.3 is 0 Å². The van der Waals surface area contributed by atoms with Gasteiger partial charge >= 0.3 is 0 Å². The highest BCUT2D eigenvalue weighted by atomic mass is 35.5. The number of aromatic nitrogens is 1. The highest BCUT2D eigenvalue weighted by Gasteiger charge is 2.40. The molecule has 0 amide bonds. The highest BCUT2D eigenvalue weighted by molar-refractivity contribution is 7.87. The van der Waals surface area contributed by atoms with Crippen LogP contribution < -0.4 is 4.72 Å². The molecule has 9 heteroatoms. The van der Waals surface area contributed by atoms with Crippen molar-refractivity contribution in [2.24, 2.45) is 0 Å². The number of aryl methyl sites for hydroxylation is 1. The van der Waals surface area contributed by atoms with Gasteiger partial charge in [0.25, 0.3) is 10.2 Å². The fourth-order valence-electron chi connectivity index (χ4n) is 4.02. The lowest BCUT2D eigenvalue weighted by molar-refractivity contribution is -0.122. The number of likely N-dealkylation sites (N-methyl/N-ethyl adjacent to an activating group) is 1. The van der Waals surface area contributed by atoms with Crippen LogP contribution in [0.3, 0.4) is 0 Å². The summed E-state index contributed by atoms with van der Waals surface area (Å²) in [6, 6.07) is 14.1. The molecule has 0 radical (unpaired) electrons. The van der Waals surface area contributed by atoms with E-state index in [4.69, 9.17) is 11.6 Å². The first kappa shape index (κ1) is 23.5. The summed E-state index contributed by atoms with van der Waals surface area (Å²) in [6.45, 7) is 1.91. The fraction of sp³-hybridized carbons (Fsp3) is 0.250. The Labute approximate surface area is 197 Å². The normalized spacial score (nSPS) is 20.5. The van der Waals surface area contributed by atoms with Gasteiger partial charge in [0, 0.05) is 31.4 Å². The van der Waals surface area contributed by atoms with Crippen LogP contribution in [0.25, 0.3) is 11.1 Å².